The summed E-state index contributed by atoms with van der Waals surface area (Å²) in [7, 11) is 0. The number of benzene rings is 1. The van der Waals surface area contributed by atoms with E-state index in [1.165, 1.54) is 19.0 Å². The highest BCUT2D eigenvalue weighted by molar-refractivity contribution is 6.08. The van der Waals surface area contributed by atoms with Crippen LogP contribution in [0.15, 0.2) is 36.8 Å². The highest BCUT2D eigenvalue weighted by Crippen LogP contribution is 2.36. The molecule has 27 heavy (non-hydrogen) atoms. The molecule has 0 saturated heterocycles. The number of aromatic nitrogens is 2. The fraction of sp³-hybridized carbons (Fsp3) is 0.429. The molecule has 1 unspecified atom stereocenters. The second kappa shape index (κ2) is 7.47. The fourth-order valence-electron chi connectivity index (χ4n) is 4.28. The van der Waals surface area contributed by atoms with Gasteiger partial charge in [-0.2, -0.15) is 0 Å². The zero-order chi connectivity index (χ0) is 18.8. The Morgan fingerprint density at radius 3 is 2.85 bits per heavy atom. The van der Waals surface area contributed by atoms with Gasteiger partial charge >= 0.3 is 0 Å². The molecule has 6 nitrogen and oxygen atoms in total. The lowest BCUT2D eigenvalue weighted by Gasteiger charge is -2.29. The number of hydrogen-bond acceptors (Lipinski definition) is 4. The Morgan fingerprint density at radius 1 is 1.30 bits per heavy atom. The first-order valence-electron chi connectivity index (χ1n) is 9.60. The summed E-state index contributed by atoms with van der Waals surface area (Å²) in [5, 5.41) is 2.85. The number of nitrogens with zero attached hydrogens (tertiary/aromatic N) is 3. The van der Waals surface area contributed by atoms with Crippen LogP contribution < -0.4 is 10.2 Å². The van der Waals surface area contributed by atoms with Crippen molar-refractivity contribution < 1.29 is 9.59 Å². The lowest BCUT2D eigenvalue weighted by atomic mass is 9.96. The Hall–Kier alpha value is -2.76. The summed E-state index contributed by atoms with van der Waals surface area (Å²) in [6.07, 6.45) is 10.3. The molecule has 1 fully saturated rings. The Balaban J connectivity index is 1.63. The predicted molar refractivity (Wildman–Crippen MR) is 103 cm³/mol. The van der Waals surface area contributed by atoms with E-state index in [1.807, 2.05) is 25.1 Å². The van der Waals surface area contributed by atoms with E-state index < -0.39 is 6.04 Å². The van der Waals surface area contributed by atoms with Gasteiger partial charge < -0.3 is 5.32 Å². The lowest BCUT2D eigenvalue weighted by Crippen LogP contribution is -2.47. The van der Waals surface area contributed by atoms with Gasteiger partial charge in [0.05, 0.1) is 12.6 Å². The number of carbonyl (C=O) groups excluding carboxylic acids is 2. The first-order valence-corrected chi connectivity index (χ1v) is 9.60. The molecule has 1 aliphatic heterocycles. The first kappa shape index (κ1) is 17.6. The summed E-state index contributed by atoms with van der Waals surface area (Å²) in [5.74, 6) is 0.691. The molecule has 1 N–H and O–H groups in total. The van der Waals surface area contributed by atoms with Crippen LogP contribution in [-0.2, 0) is 16.0 Å². The summed E-state index contributed by atoms with van der Waals surface area (Å²) < 4.78 is 0. The minimum atomic E-state index is -0.522. The number of amides is 2. The van der Waals surface area contributed by atoms with Crippen LogP contribution in [0.5, 0.6) is 0 Å². The lowest BCUT2D eigenvalue weighted by molar-refractivity contribution is -0.123. The van der Waals surface area contributed by atoms with Gasteiger partial charge in [-0.25, -0.2) is 4.98 Å². The third-order valence-electron chi connectivity index (χ3n) is 5.57. The van der Waals surface area contributed by atoms with E-state index in [4.69, 9.17) is 0 Å². The molecule has 2 aromatic rings. The first-order chi connectivity index (χ1) is 13.1. The van der Waals surface area contributed by atoms with Gasteiger partial charge in [0.1, 0.15) is 6.04 Å². The van der Waals surface area contributed by atoms with Crippen molar-refractivity contribution in [2.45, 2.75) is 51.5 Å². The van der Waals surface area contributed by atoms with Crippen LogP contribution in [0.3, 0.4) is 0 Å². The Morgan fingerprint density at radius 2 is 2.11 bits per heavy atom. The predicted octanol–water partition coefficient (Wildman–Crippen LogP) is 3.26. The zero-order valence-corrected chi connectivity index (χ0v) is 15.5. The molecule has 2 amide bonds. The van der Waals surface area contributed by atoms with Crippen LogP contribution >= 0.6 is 0 Å². The van der Waals surface area contributed by atoms with Crippen molar-refractivity contribution in [3.8, 4) is 0 Å². The minimum absolute atomic E-state index is 0.00658. The molecule has 2 aliphatic rings. The van der Waals surface area contributed by atoms with Gasteiger partial charge in [-0.1, -0.05) is 43.4 Å². The third kappa shape index (κ3) is 3.70. The maximum Gasteiger partial charge on any atom is 0.248 e. The van der Waals surface area contributed by atoms with E-state index in [1.54, 1.807) is 17.3 Å². The second-order valence-electron chi connectivity index (χ2n) is 7.55. The number of fused-ring (bicyclic) bond motifs is 1. The van der Waals surface area contributed by atoms with Gasteiger partial charge in [-0.05, 0) is 30.9 Å². The smallest absolute Gasteiger partial charge is 0.248 e. The second-order valence-corrected chi connectivity index (χ2v) is 7.55. The molecule has 1 aromatic carbocycles. The Labute approximate surface area is 159 Å². The molecule has 1 aromatic heterocycles. The molecule has 0 spiro atoms. The Kier molecular flexibility index (Phi) is 4.88. The van der Waals surface area contributed by atoms with Gasteiger partial charge in [-0.3, -0.25) is 19.5 Å². The van der Waals surface area contributed by atoms with E-state index in [2.05, 4.69) is 15.3 Å². The summed E-state index contributed by atoms with van der Waals surface area (Å²) in [4.78, 5) is 35.8. The average molecular weight is 364 g/mol. The van der Waals surface area contributed by atoms with Gasteiger partial charge in [0.15, 0.2) is 5.82 Å². The molecular formula is C21H24N4O2. The van der Waals surface area contributed by atoms with Gasteiger partial charge in [0, 0.05) is 18.1 Å². The maximum atomic E-state index is 13.1. The largest absolute Gasteiger partial charge is 0.308 e. The minimum Gasteiger partial charge on any atom is -0.308 e. The number of nitrogens with one attached hydrogen (secondary N) is 1. The summed E-state index contributed by atoms with van der Waals surface area (Å²) in [6, 6.07) is 5.48. The van der Waals surface area contributed by atoms with Gasteiger partial charge in [0.2, 0.25) is 11.8 Å². The zero-order valence-electron chi connectivity index (χ0n) is 15.5. The summed E-state index contributed by atoms with van der Waals surface area (Å²) in [6.45, 7) is 2.02. The topological polar surface area (TPSA) is 75.2 Å². The van der Waals surface area contributed by atoms with Gasteiger partial charge in [-0.15, -0.1) is 0 Å². The highest BCUT2D eigenvalue weighted by Gasteiger charge is 2.38. The van der Waals surface area contributed by atoms with E-state index in [9.17, 15) is 9.59 Å². The third-order valence-corrected chi connectivity index (χ3v) is 5.57. The monoisotopic (exact) mass is 364 g/mol. The van der Waals surface area contributed by atoms with E-state index in [0.29, 0.717) is 24.6 Å². The molecule has 4 rings (SSSR count). The van der Waals surface area contributed by atoms with Gasteiger partial charge in [0.25, 0.3) is 0 Å². The van der Waals surface area contributed by atoms with Crippen molar-refractivity contribution in [1.29, 1.82) is 0 Å². The average Bonchev–Trinajstić information content (AvgIpc) is 3.27. The van der Waals surface area contributed by atoms with Crippen molar-refractivity contribution in [3.63, 3.8) is 0 Å². The highest BCUT2D eigenvalue weighted by atomic mass is 16.2. The van der Waals surface area contributed by atoms with Crippen LogP contribution in [0.4, 0.5) is 11.5 Å². The molecule has 1 atom stereocenters. The van der Waals surface area contributed by atoms with E-state index in [0.717, 1.165) is 29.7 Å². The standard InChI is InChI=1S/C21H24N4O2/c1-14-6-7-17-16(10-14)12-20(26)25(17)18(11-15-4-2-3-5-15)21(27)24-19-13-22-8-9-23-19/h6-10,13,15,18H,2-5,11-12H2,1H3,(H,23,24,27). The number of hydrogen-bond donors (Lipinski definition) is 1. The van der Waals surface area contributed by atoms with E-state index in [-0.39, 0.29) is 11.8 Å². The Bertz CT molecular complexity index is 847. The van der Waals surface area contributed by atoms with Crippen molar-refractivity contribution in [3.05, 3.63) is 47.9 Å². The normalized spacial score (nSPS) is 17.8. The quantitative estimate of drug-likeness (QED) is 0.884. The molecule has 1 aliphatic carbocycles. The molecule has 0 radical (unpaired) electrons. The number of carbonyl (C=O) groups is 2. The molecule has 2 heterocycles. The molecule has 0 bridgehead atoms. The van der Waals surface area contributed by atoms with Crippen LogP contribution in [0.1, 0.15) is 43.2 Å². The maximum absolute atomic E-state index is 13.1. The SMILES string of the molecule is Cc1ccc2c(c1)CC(=O)N2C(CC1CCCC1)C(=O)Nc1cnccn1. The van der Waals surface area contributed by atoms with E-state index >= 15 is 0 Å². The van der Waals surface area contributed by atoms with Crippen LogP contribution in [0, 0.1) is 12.8 Å². The molecule has 1 saturated carbocycles. The fourth-order valence-corrected chi connectivity index (χ4v) is 4.28. The van der Waals surface area contributed by atoms with Crippen LogP contribution in [0.2, 0.25) is 0 Å². The van der Waals surface area contributed by atoms with Crippen molar-refractivity contribution in [2.75, 3.05) is 10.2 Å². The number of rotatable bonds is 5. The van der Waals surface area contributed by atoms with Crippen LogP contribution in [0.25, 0.3) is 0 Å². The summed E-state index contributed by atoms with van der Waals surface area (Å²) in [5.41, 5.74) is 2.99. The molecule has 140 valence electrons. The van der Waals surface area contributed by atoms with Crippen molar-refractivity contribution in [1.82, 2.24) is 9.97 Å². The van der Waals surface area contributed by atoms with Crippen molar-refractivity contribution in [2.24, 2.45) is 5.92 Å². The van der Waals surface area contributed by atoms with Crippen LogP contribution in [-0.4, -0.2) is 27.8 Å². The molecular weight excluding hydrogens is 340 g/mol. The van der Waals surface area contributed by atoms with Crippen molar-refractivity contribution >= 4 is 23.3 Å². The number of anilines is 2. The number of aryl methyl sites for hydroxylation is 1. The summed E-state index contributed by atoms with van der Waals surface area (Å²) >= 11 is 0. The molecule has 6 heteroatoms.